The summed E-state index contributed by atoms with van der Waals surface area (Å²) in [4.78, 5) is 7.26. The van der Waals surface area contributed by atoms with Crippen molar-refractivity contribution < 1.29 is 4.39 Å². The first-order valence-corrected chi connectivity index (χ1v) is 13.6. The molecule has 194 valence electrons. The fourth-order valence-electron chi connectivity index (χ4n) is 4.90. The van der Waals surface area contributed by atoms with Gasteiger partial charge in [0.15, 0.2) is 0 Å². The number of hydrogen-bond donors (Lipinski definition) is 1. The van der Waals surface area contributed by atoms with Crippen molar-refractivity contribution in [2.24, 2.45) is 4.99 Å². The Labute approximate surface area is 222 Å². The predicted octanol–water partition coefficient (Wildman–Crippen LogP) is 7.84. The van der Waals surface area contributed by atoms with Crippen LogP contribution >= 0.6 is 0 Å². The number of aryl methyl sites for hydroxylation is 1. The molecule has 0 bridgehead atoms. The Hall–Kier alpha value is -3.24. The molecule has 0 fully saturated rings. The van der Waals surface area contributed by atoms with Crippen molar-refractivity contribution in [3.63, 3.8) is 0 Å². The molecule has 3 aromatic rings. The molecule has 0 aromatic heterocycles. The highest BCUT2D eigenvalue weighted by atomic mass is 19.1. The summed E-state index contributed by atoms with van der Waals surface area (Å²) in [5.74, 6) is 1.43. The van der Waals surface area contributed by atoms with Gasteiger partial charge in [-0.05, 0) is 54.0 Å². The minimum absolute atomic E-state index is 0.306. The summed E-state index contributed by atoms with van der Waals surface area (Å²) < 4.78 is 13.1. The molecule has 0 radical (unpaired) electrons. The Balaban J connectivity index is 1.44. The van der Waals surface area contributed by atoms with Crippen LogP contribution in [0.2, 0.25) is 0 Å². The number of alkyl halides is 1. The predicted molar refractivity (Wildman–Crippen MR) is 155 cm³/mol. The standard InChI is InChI=1S/C33H40FN3/c1-4-31(35-23-26(3)28-11-6-5-7-12-28)30-13-8-10-27(22-30)24-37-21-19-32(36-33(37)14-9-20-34)29-17-15-25(2)16-18-29/h5-8,10-13,15-19,22,26,31,35H,4,9,14,20-21,23-24H2,1-3H3. The lowest BCUT2D eigenvalue weighted by molar-refractivity contribution is 0.425. The van der Waals surface area contributed by atoms with Crippen molar-refractivity contribution in [3.05, 3.63) is 113 Å². The van der Waals surface area contributed by atoms with Crippen LogP contribution in [0.15, 0.2) is 89.9 Å². The zero-order chi connectivity index (χ0) is 26.0. The van der Waals surface area contributed by atoms with Crippen LogP contribution in [0, 0.1) is 6.92 Å². The molecule has 0 spiro atoms. The van der Waals surface area contributed by atoms with E-state index in [2.05, 4.69) is 116 Å². The summed E-state index contributed by atoms with van der Waals surface area (Å²) in [5.41, 5.74) is 7.28. The van der Waals surface area contributed by atoms with Gasteiger partial charge in [0.1, 0.15) is 5.84 Å². The van der Waals surface area contributed by atoms with E-state index in [1.807, 2.05) is 0 Å². The molecule has 4 rings (SSSR count). The van der Waals surface area contributed by atoms with Crippen LogP contribution in [0.3, 0.4) is 0 Å². The third kappa shape index (κ3) is 7.39. The summed E-state index contributed by atoms with van der Waals surface area (Å²) in [6.07, 6.45) is 4.36. The first kappa shape index (κ1) is 26.8. The zero-order valence-corrected chi connectivity index (χ0v) is 22.5. The Morgan fingerprint density at radius 3 is 2.46 bits per heavy atom. The van der Waals surface area contributed by atoms with E-state index in [-0.39, 0.29) is 6.67 Å². The molecule has 1 N–H and O–H groups in total. The van der Waals surface area contributed by atoms with Crippen molar-refractivity contribution in [2.75, 3.05) is 19.8 Å². The highest BCUT2D eigenvalue weighted by molar-refractivity contribution is 5.90. The van der Waals surface area contributed by atoms with Crippen molar-refractivity contribution in [1.82, 2.24) is 10.2 Å². The van der Waals surface area contributed by atoms with Crippen LogP contribution < -0.4 is 5.32 Å². The normalized spacial score (nSPS) is 15.2. The summed E-state index contributed by atoms with van der Waals surface area (Å²) in [7, 11) is 0. The van der Waals surface area contributed by atoms with Gasteiger partial charge in [0.25, 0.3) is 0 Å². The summed E-state index contributed by atoms with van der Waals surface area (Å²) in [6, 6.07) is 28.4. The molecule has 0 saturated heterocycles. The third-order valence-electron chi connectivity index (χ3n) is 7.18. The van der Waals surface area contributed by atoms with E-state index in [9.17, 15) is 4.39 Å². The molecule has 3 nitrogen and oxygen atoms in total. The highest BCUT2D eigenvalue weighted by Gasteiger charge is 2.18. The molecular formula is C33H40FN3. The first-order valence-electron chi connectivity index (χ1n) is 13.6. The molecule has 3 aromatic carbocycles. The second-order valence-electron chi connectivity index (χ2n) is 10.1. The van der Waals surface area contributed by atoms with Crippen molar-refractivity contribution >= 4 is 11.5 Å². The van der Waals surface area contributed by atoms with E-state index in [1.165, 1.54) is 22.3 Å². The third-order valence-corrected chi connectivity index (χ3v) is 7.18. The number of benzene rings is 3. The van der Waals surface area contributed by atoms with Crippen molar-refractivity contribution in [1.29, 1.82) is 0 Å². The zero-order valence-electron chi connectivity index (χ0n) is 22.5. The second-order valence-corrected chi connectivity index (χ2v) is 10.1. The van der Waals surface area contributed by atoms with Gasteiger partial charge in [-0.15, -0.1) is 0 Å². The molecular weight excluding hydrogens is 457 g/mol. The maximum Gasteiger partial charge on any atom is 0.105 e. The minimum Gasteiger partial charge on any atom is -0.352 e. The number of hydrogen-bond acceptors (Lipinski definition) is 3. The van der Waals surface area contributed by atoms with Gasteiger partial charge in [-0.1, -0.05) is 98.3 Å². The fourth-order valence-corrected chi connectivity index (χ4v) is 4.90. The number of rotatable bonds is 12. The number of aliphatic imine (C=N–C) groups is 1. The minimum atomic E-state index is -0.322. The summed E-state index contributed by atoms with van der Waals surface area (Å²) in [5, 5.41) is 3.79. The van der Waals surface area contributed by atoms with E-state index in [4.69, 9.17) is 4.99 Å². The maximum absolute atomic E-state index is 13.1. The smallest absolute Gasteiger partial charge is 0.105 e. The highest BCUT2D eigenvalue weighted by Crippen LogP contribution is 2.25. The van der Waals surface area contributed by atoms with Gasteiger partial charge in [0.05, 0.1) is 12.4 Å². The van der Waals surface area contributed by atoms with Crippen LogP contribution in [-0.4, -0.2) is 30.5 Å². The molecule has 1 heterocycles. The SMILES string of the molecule is CCC(NCC(C)c1ccccc1)c1cccc(CN2CC=C(c3ccc(C)cc3)N=C2CCCF)c1. The summed E-state index contributed by atoms with van der Waals surface area (Å²) in [6.45, 7) is 8.77. The van der Waals surface area contributed by atoms with Gasteiger partial charge in [-0.25, -0.2) is 4.99 Å². The Morgan fingerprint density at radius 2 is 1.73 bits per heavy atom. The number of nitrogens with one attached hydrogen (secondary N) is 1. The van der Waals surface area contributed by atoms with E-state index < -0.39 is 0 Å². The number of amidine groups is 1. The van der Waals surface area contributed by atoms with Gasteiger partial charge < -0.3 is 10.2 Å². The lowest BCUT2D eigenvalue weighted by atomic mass is 9.98. The number of halogens is 1. The van der Waals surface area contributed by atoms with E-state index in [0.29, 0.717) is 24.8 Å². The average molecular weight is 498 g/mol. The van der Waals surface area contributed by atoms with Crippen molar-refractivity contribution in [3.8, 4) is 0 Å². The molecule has 2 unspecified atom stereocenters. The average Bonchev–Trinajstić information content (AvgIpc) is 2.94. The summed E-state index contributed by atoms with van der Waals surface area (Å²) >= 11 is 0. The Bertz CT molecular complexity index is 1180. The van der Waals surface area contributed by atoms with E-state index >= 15 is 0 Å². The van der Waals surface area contributed by atoms with E-state index in [0.717, 1.165) is 43.2 Å². The molecule has 0 amide bonds. The molecule has 0 aliphatic carbocycles. The van der Waals surface area contributed by atoms with E-state index in [1.54, 1.807) is 0 Å². The Kier molecular flexibility index (Phi) is 9.67. The van der Waals surface area contributed by atoms with Crippen LogP contribution in [0.5, 0.6) is 0 Å². The first-order chi connectivity index (χ1) is 18.1. The monoisotopic (exact) mass is 497 g/mol. The second kappa shape index (κ2) is 13.3. The fraction of sp³-hybridized carbons (Fsp3) is 0.364. The van der Waals surface area contributed by atoms with Gasteiger partial charge in [-0.2, -0.15) is 0 Å². The van der Waals surface area contributed by atoms with Gasteiger partial charge in [0, 0.05) is 32.1 Å². The molecule has 1 aliphatic heterocycles. The molecule has 1 aliphatic rings. The Morgan fingerprint density at radius 1 is 0.973 bits per heavy atom. The largest absolute Gasteiger partial charge is 0.352 e. The van der Waals surface area contributed by atoms with Gasteiger partial charge in [0.2, 0.25) is 0 Å². The number of nitrogens with zero attached hydrogens (tertiary/aromatic N) is 2. The molecule has 37 heavy (non-hydrogen) atoms. The molecule has 4 heteroatoms. The molecule has 2 atom stereocenters. The van der Waals surface area contributed by atoms with Gasteiger partial charge >= 0.3 is 0 Å². The quantitative estimate of drug-likeness (QED) is 0.276. The van der Waals surface area contributed by atoms with Crippen LogP contribution in [-0.2, 0) is 6.54 Å². The lowest BCUT2D eigenvalue weighted by Crippen LogP contribution is -2.33. The van der Waals surface area contributed by atoms with Crippen LogP contribution in [0.25, 0.3) is 5.70 Å². The molecule has 0 saturated carbocycles. The van der Waals surface area contributed by atoms with Crippen molar-refractivity contribution in [2.45, 2.75) is 58.5 Å². The van der Waals surface area contributed by atoms with Crippen LogP contribution in [0.4, 0.5) is 4.39 Å². The maximum atomic E-state index is 13.1. The van der Waals surface area contributed by atoms with Gasteiger partial charge in [-0.3, -0.25) is 4.39 Å². The van der Waals surface area contributed by atoms with Crippen LogP contribution in [0.1, 0.15) is 72.9 Å². The topological polar surface area (TPSA) is 27.6 Å². The lowest BCUT2D eigenvalue weighted by Gasteiger charge is -2.29.